The molecule has 18 heavy (non-hydrogen) atoms. The molecule has 0 spiro atoms. The van der Waals surface area contributed by atoms with E-state index in [-0.39, 0.29) is 10.6 Å². The van der Waals surface area contributed by atoms with Crippen molar-refractivity contribution >= 4 is 17.5 Å². The lowest BCUT2D eigenvalue weighted by Gasteiger charge is -2.29. The molecule has 0 radical (unpaired) electrons. The number of carbonyl (C=O) groups is 1. The van der Waals surface area contributed by atoms with Gasteiger partial charge < -0.3 is 15.5 Å². The minimum absolute atomic E-state index is 0.0311. The van der Waals surface area contributed by atoms with Crippen LogP contribution in [-0.4, -0.2) is 34.9 Å². The highest BCUT2D eigenvalue weighted by molar-refractivity contribution is 6.34. The molecular weight excluding hydrogens is 261 g/mol. The molecule has 100 valence electrons. The fourth-order valence-corrected chi connectivity index (χ4v) is 1.64. The molecule has 3 N–H and O–H groups in total. The topological polar surface area (TPSA) is 69.6 Å². The van der Waals surface area contributed by atoms with Gasteiger partial charge in [-0.1, -0.05) is 24.6 Å². The maximum Gasteiger partial charge on any atom is 0.253 e. The molecule has 1 aromatic rings. The van der Waals surface area contributed by atoms with Crippen molar-refractivity contribution in [2.75, 3.05) is 13.2 Å². The Bertz CT molecular complexity index is 427. The van der Waals surface area contributed by atoms with Crippen molar-refractivity contribution < 1.29 is 19.4 Å². The molecule has 1 amide bonds. The Morgan fingerprint density at radius 2 is 2.06 bits per heavy atom. The van der Waals surface area contributed by atoms with Gasteiger partial charge in [-0.3, -0.25) is 4.79 Å². The monoisotopic (exact) mass is 275 g/mol. The lowest BCUT2D eigenvalue weighted by atomic mass is 9.98. The first-order valence-electron chi connectivity index (χ1n) is 5.48. The Labute approximate surface area is 109 Å². The molecule has 4 nitrogen and oxygen atoms in total. The van der Waals surface area contributed by atoms with Gasteiger partial charge in [0.1, 0.15) is 5.82 Å². The van der Waals surface area contributed by atoms with Gasteiger partial charge in [0, 0.05) is 0 Å². The molecule has 0 fully saturated rings. The average Bonchev–Trinajstić information content (AvgIpc) is 2.39. The van der Waals surface area contributed by atoms with Crippen molar-refractivity contribution in [3.63, 3.8) is 0 Å². The zero-order valence-corrected chi connectivity index (χ0v) is 10.7. The first kappa shape index (κ1) is 14.9. The Morgan fingerprint density at radius 1 is 1.44 bits per heavy atom. The third kappa shape index (κ3) is 2.98. The lowest BCUT2D eigenvalue weighted by Crippen LogP contribution is -2.53. The molecule has 0 bridgehead atoms. The van der Waals surface area contributed by atoms with Crippen LogP contribution in [0.3, 0.4) is 0 Å². The summed E-state index contributed by atoms with van der Waals surface area (Å²) < 4.78 is 13.2. The van der Waals surface area contributed by atoms with Crippen molar-refractivity contribution in [2.24, 2.45) is 0 Å². The van der Waals surface area contributed by atoms with E-state index >= 15 is 0 Å². The van der Waals surface area contributed by atoms with Gasteiger partial charge in [-0.2, -0.15) is 0 Å². The van der Waals surface area contributed by atoms with E-state index in [1.807, 2.05) is 0 Å². The van der Waals surface area contributed by atoms with Crippen LogP contribution in [0.25, 0.3) is 0 Å². The Kier molecular flexibility index (Phi) is 5.07. The Morgan fingerprint density at radius 3 is 2.56 bits per heavy atom. The molecule has 0 aromatic heterocycles. The fraction of sp³-hybridized carbons (Fsp3) is 0.417. The third-order valence-corrected chi connectivity index (χ3v) is 3.24. The van der Waals surface area contributed by atoms with Crippen molar-refractivity contribution in [2.45, 2.75) is 18.9 Å². The minimum atomic E-state index is -1.13. The molecule has 0 atom stereocenters. The molecule has 0 saturated heterocycles. The predicted octanol–water partition coefficient (Wildman–Crippen LogP) is 1.34. The summed E-state index contributed by atoms with van der Waals surface area (Å²) in [4.78, 5) is 11.9. The average molecular weight is 276 g/mol. The molecule has 0 aliphatic heterocycles. The predicted molar refractivity (Wildman–Crippen MR) is 66.1 cm³/mol. The summed E-state index contributed by atoms with van der Waals surface area (Å²) in [6, 6.07) is 3.88. The second kappa shape index (κ2) is 6.13. The standard InChI is InChI=1S/C12H15ClFNO3/c1-2-12(6-16,7-17)15-11(18)8-4-3-5-9(14)10(8)13/h3-5,16-17H,2,6-7H2,1H3,(H,15,18). The highest BCUT2D eigenvalue weighted by atomic mass is 35.5. The fourth-order valence-electron chi connectivity index (χ4n) is 1.43. The maximum absolute atomic E-state index is 13.2. The molecule has 1 aromatic carbocycles. The summed E-state index contributed by atoms with van der Waals surface area (Å²) in [5.41, 5.74) is -1.16. The molecule has 0 unspecified atom stereocenters. The number of aliphatic hydroxyl groups is 2. The zero-order valence-electron chi connectivity index (χ0n) is 9.91. The molecule has 1 rings (SSSR count). The van der Waals surface area contributed by atoms with Crippen LogP contribution in [-0.2, 0) is 0 Å². The highest BCUT2D eigenvalue weighted by Gasteiger charge is 2.29. The molecule has 0 aliphatic carbocycles. The van der Waals surface area contributed by atoms with E-state index in [0.29, 0.717) is 6.42 Å². The van der Waals surface area contributed by atoms with Gasteiger partial charge in [0.25, 0.3) is 5.91 Å². The van der Waals surface area contributed by atoms with Gasteiger partial charge >= 0.3 is 0 Å². The van der Waals surface area contributed by atoms with Crippen LogP contribution in [0.2, 0.25) is 5.02 Å². The van der Waals surface area contributed by atoms with E-state index in [2.05, 4.69) is 5.32 Å². The minimum Gasteiger partial charge on any atom is -0.394 e. The van der Waals surface area contributed by atoms with E-state index < -0.39 is 30.5 Å². The normalized spacial score (nSPS) is 11.4. The smallest absolute Gasteiger partial charge is 0.253 e. The molecule has 0 saturated carbocycles. The first-order valence-corrected chi connectivity index (χ1v) is 5.85. The number of benzene rings is 1. The Balaban J connectivity index is 2.98. The molecule has 6 heteroatoms. The van der Waals surface area contributed by atoms with Gasteiger partial charge in [0.05, 0.1) is 29.3 Å². The quantitative estimate of drug-likeness (QED) is 0.760. The highest BCUT2D eigenvalue weighted by Crippen LogP contribution is 2.20. The van der Waals surface area contributed by atoms with Gasteiger partial charge in [0.2, 0.25) is 0 Å². The van der Waals surface area contributed by atoms with E-state index in [1.54, 1.807) is 6.92 Å². The van der Waals surface area contributed by atoms with Crippen LogP contribution in [0, 0.1) is 5.82 Å². The summed E-state index contributed by atoms with van der Waals surface area (Å²) in [6.07, 6.45) is 0.332. The summed E-state index contributed by atoms with van der Waals surface area (Å²) in [5, 5.41) is 20.6. The van der Waals surface area contributed by atoms with E-state index in [0.717, 1.165) is 6.07 Å². The van der Waals surface area contributed by atoms with Crippen molar-refractivity contribution in [1.82, 2.24) is 5.32 Å². The molecule has 0 aliphatic rings. The van der Waals surface area contributed by atoms with Crippen molar-refractivity contribution in [1.29, 1.82) is 0 Å². The van der Waals surface area contributed by atoms with Crippen molar-refractivity contribution in [3.8, 4) is 0 Å². The summed E-state index contributed by atoms with van der Waals surface area (Å²) in [5.74, 6) is -1.33. The molecular formula is C12H15ClFNO3. The summed E-state index contributed by atoms with van der Waals surface area (Å²) in [7, 11) is 0. The number of halogens is 2. The van der Waals surface area contributed by atoms with E-state index in [4.69, 9.17) is 11.6 Å². The number of nitrogens with one attached hydrogen (secondary N) is 1. The first-order chi connectivity index (χ1) is 8.49. The van der Waals surface area contributed by atoms with Crippen LogP contribution in [0.4, 0.5) is 4.39 Å². The second-order valence-corrected chi connectivity index (χ2v) is 4.38. The second-order valence-electron chi connectivity index (χ2n) is 4.01. The number of hydrogen-bond acceptors (Lipinski definition) is 3. The summed E-state index contributed by atoms with van der Waals surface area (Å²) >= 11 is 5.69. The lowest BCUT2D eigenvalue weighted by molar-refractivity contribution is 0.0653. The maximum atomic E-state index is 13.2. The number of hydrogen-bond donors (Lipinski definition) is 3. The SMILES string of the molecule is CCC(CO)(CO)NC(=O)c1cccc(F)c1Cl. The number of carbonyl (C=O) groups excluding carboxylic acids is 1. The molecule has 0 heterocycles. The van der Waals surface area contributed by atoms with E-state index in [9.17, 15) is 19.4 Å². The number of aliphatic hydroxyl groups excluding tert-OH is 2. The third-order valence-electron chi connectivity index (χ3n) is 2.86. The van der Waals surface area contributed by atoms with Crippen LogP contribution in [0.5, 0.6) is 0 Å². The Hall–Kier alpha value is -1.17. The number of amides is 1. The van der Waals surface area contributed by atoms with Gasteiger partial charge in [-0.05, 0) is 18.6 Å². The van der Waals surface area contributed by atoms with Gasteiger partial charge in [-0.15, -0.1) is 0 Å². The van der Waals surface area contributed by atoms with E-state index in [1.165, 1.54) is 12.1 Å². The van der Waals surface area contributed by atoms with Crippen molar-refractivity contribution in [3.05, 3.63) is 34.6 Å². The van der Waals surface area contributed by atoms with Crippen LogP contribution in [0.1, 0.15) is 23.7 Å². The van der Waals surface area contributed by atoms with Crippen LogP contribution in [0.15, 0.2) is 18.2 Å². The van der Waals surface area contributed by atoms with Crippen LogP contribution < -0.4 is 5.32 Å². The van der Waals surface area contributed by atoms with Gasteiger partial charge in [-0.25, -0.2) is 4.39 Å². The summed E-state index contributed by atoms with van der Waals surface area (Å²) in [6.45, 7) is 0.872. The zero-order chi connectivity index (χ0) is 13.8. The largest absolute Gasteiger partial charge is 0.394 e. The number of rotatable bonds is 5. The van der Waals surface area contributed by atoms with Gasteiger partial charge in [0.15, 0.2) is 0 Å². The van der Waals surface area contributed by atoms with Crippen LogP contribution >= 0.6 is 11.6 Å².